The third-order valence-electron chi connectivity index (χ3n) is 5.24. The molecule has 1 aliphatic carbocycles. The lowest BCUT2D eigenvalue weighted by Crippen LogP contribution is -2.06. The molecule has 1 aromatic carbocycles. The fourth-order valence-corrected chi connectivity index (χ4v) is 3.80. The van der Waals surface area contributed by atoms with Gasteiger partial charge in [-0.05, 0) is 36.6 Å². The average molecular weight is 359 g/mol. The number of nitrogens with one attached hydrogen (secondary N) is 1. The quantitative estimate of drug-likeness (QED) is 0.588. The summed E-state index contributed by atoms with van der Waals surface area (Å²) < 4.78 is 4.06. The lowest BCUT2D eigenvalue weighted by Gasteiger charge is -2.11. The Kier molecular flexibility index (Phi) is 4.04. The van der Waals surface area contributed by atoms with Crippen molar-refractivity contribution in [2.24, 2.45) is 0 Å². The van der Waals surface area contributed by atoms with E-state index in [1.54, 1.807) is 12.5 Å². The van der Waals surface area contributed by atoms with E-state index in [-0.39, 0.29) is 0 Å². The van der Waals surface area contributed by atoms with Crippen LogP contribution in [0.4, 0.5) is 5.82 Å². The molecule has 0 saturated heterocycles. The highest BCUT2D eigenvalue weighted by Gasteiger charge is 2.20. The van der Waals surface area contributed by atoms with Crippen molar-refractivity contribution in [2.75, 3.05) is 5.32 Å². The van der Waals surface area contributed by atoms with E-state index in [4.69, 9.17) is 0 Å². The summed E-state index contributed by atoms with van der Waals surface area (Å²) in [6.45, 7) is 0.682. The molecule has 0 bridgehead atoms. The molecule has 0 spiro atoms. The number of aromatic nitrogens is 6. The van der Waals surface area contributed by atoms with Crippen molar-refractivity contribution >= 4 is 17.0 Å². The standard InChI is InChI=1S/C20H21N7/c1-2-5-16(4-1)26-14-24-18-19(22-13-23-20(18)26)21-12-15-6-8-17(9-7-15)27-11-3-10-25-27/h3,6-11,13-14,16H,1-2,4-5,12H2,(H,21,22,23). The number of rotatable bonds is 5. The first-order valence-corrected chi connectivity index (χ1v) is 9.39. The van der Waals surface area contributed by atoms with Gasteiger partial charge in [0.05, 0.1) is 12.0 Å². The Balaban J connectivity index is 1.34. The number of imidazole rings is 1. The molecule has 3 heterocycles. The van der Waals surface area contributed by atoms with E-state index in [1.807, 2.05) is 23.3 Å². The highest BCUT2D eigenvalue weighted by Crippen LogP contribution is 2.32. The molecule has 27 heavy (non-hydrogen) atoms. The molecule has 0 amide bonds. The Morgan fingerprint density at radius 3 is 2.67 bits per heavy atom. The maximum atomic E-state index is 4.59. The summed E-state index contributed by atoms with van der Waals surface area (Å²) in [4.78, 5) is 13.5. The molecular weight excluding hydrogens is 338 g/mol. The maximum absolute atomic E-state index is 4.59. The Labute approximate surface area is 157 Å². The SMILES string of the molecule is c1cnn(-c2ccc(CNc3ncnc4c3ncn4C3CCCC3)cc2)c1. The minimum Gasteiger partial charge on any atom is -0.364 e. The summed E-state index contributed by atoms with van der Waals surface area (Å²) >= 11 is 0. The topological polar surface area (TPSA) is 73.5 Å². The summed E-state index contributed by atoms with van der Waals surface area (Å²) in [7, 11) is 0. The molecule has 3 aromatic heterocycles. The van der Waals surface area contributed by atoms with Crippen LogP contribution in [0.15, 0.2) is 55.4 Å². The molecule has 7 nitrogen and oxygen atoms in total. The van der Waals surface area contributed by atoms with Gasteiger partial charge >= 0.3 is 0 Å². The molecule has 0 atom stereocenters. The number of hydrogen-bond donors (Lipinski definition) is 1. The van der Waals surface area contributed by atoms with E-state index in [0.29, 0.717) is 12.6 Å². The second-order valence-electron chi connectivity index (χ2n) is 6.96. The van der Waals surface area contributed by atoms with E-state index in [0.717, 1.165) is 22.7 Å². The maximum Gasteiger partial charge on any atom is 0.165 e. The lowest BCUT2D eigenvalue weighted by molar-refractivity contribution is 0.529. The number of benzene rings is 1. The van der Waals surface area contributed by atoms with Gasteiger partial charge < -0.3 is 9.88 Å². The average Bonchev–Trinajstić information content (AvgIpc) is 3.47. The molecule has 0 unspecified atom stereocenters. The molecule has 1 aliphatic rings. The lowest BCUT2D eigenvalue weighted by atomic mass is 10.2. The van der Waals surface area contributed by atoms with E-state index in [2.05, 4.69) is 54.2 Å². The molecule has 0 radical (unpaired) electrons. The van der Waals surface area contributed by atoms with Gasteiger partial charge in [0.25, 0.3) is 0 Å². The zero-order chi connectivity index (χ0) is 18.1. The van der Waals surface area contributed by atoms with Crippen LogP contribution in [0.3, 0.4) is 0 Å². The van der Waals surface area contributed by atoms with E-state index < -0.39 is 0 Å². The van der Waals surface area contributed by atoms with Gasteiger partial charge in [0.1, 0.15) is 11.8 Å². The monoisotopic (exact) mass is 359 g/mol. The molecule has 136 valence electrons. The molecule has 0 aliphatic heterocycles. The summed E-state index contributed by atoms with van der Waals surface area (Å²) in [5.74, 6) is 0.785. The van der Waals surface area contributed by atoms with Crippen molar-refractivity contribution in [2.45, 2.75) is 38.3 Å². The van der Waals surface area contributed by atoms with Crippen LogP contribution in [-0.4, -0.2) is 29.3 Å². The van der Waals surface area contributed by atoms with E-state index >= 15 is 0 Å². The zero-order valence-electron chi connectivity index (χ0n) is 15.0. The predicted octanol–water partition coefficient (Wildman–Crippen LogP) is 3.74. The van der Waals surface area contributed by atoms with Gasteiger partial charge in [0.15, 0.2) is 11.5 Å². The van der Waals surface area contributed by atoms with Crippen molar-refractivity contribution in [3.63, 3.8) is 0 Å². The van der Waals surface area contributed by atoms with Gasteiger partial charge in [-0.2, -0.15) is 5.10 Å². The Morgan fingerprint density at radius 1 is 1.04 bits per heavy atom. The van der Waals surface area contributed by atoms with Gasteiger partial charge in [-0.3, -0.25) is 0 Å². The fraction of sp³-hybridized carbons (Fsp3) is 0.300. The third kappa shape index (κ3) is 3.05. The Hall–Kier alpha value is -3.22. The summed E-state index contributed by atoms with van der Waals surface area (Å²) in [6.07, 6.45) is 12.2. The largest absolute Gasteiger partial charge is 0.364 e. The molecule has 1 fully saturated rings. The smallest absolute Gasteiger partial charge is 0.165 e. The van der Waals surface area contributed by atoms with Crippen molar-refractivity contribution < 1.29 is 0 Å². The first kappa shape index (κ1) is 16.0. The highest BCUT2D eigenvalue weighted by molar-refractivity contribution is 5.82. The number of fused-ring (bicyclic) bond motifs is 1. The Morgan fingerprint density at radius 2 is 1.89 bits per heavy atom. The highest BCUT2D eigenvalue weighted by atomic mass is 15.3. The van der Waals surface area contributed by atoms with Gasteiger partial charge in [-0.25, -0.2) is 19.6 Å². The van der Waals surface area contributed by atoms with Gasteiger partial charge in [0, 0.05) is 25.0 Å². The zero-order valence-corrected chi connectivity index (χ0v) is 15.0. The summed E-state index contributed by atoms with van der Waals surface area (Å²) in [5.41, 5.74) is 3.99. The van der Waals surface area contributed by atoms with Gasteiger partial charge in [0.2, 0.25) is 0 Å². The number of nitrogens with zero attached hydrogens (tertiary/aromatic N) is 6. The fourth-order valence-electron chi connectivity index (χ4n) is 3.80. The Bertz CT molecular complexity index is 1030. The molecule has 1 N–H and O–H groups in total. The van der Waals surface area contributed by atoms with E-state index in [1.165, 1.54) is 31.2 Å². The van der Waals surface area contributed by atoms with Crippen molar-refractivity contribution in [3.8, 4) is 5.69 Å². The third-order valence-corrected chi connectivity index (χ3v) is 5.24. The van der Waals surface area contributed by atoms with Crippen LogP contribution in [-0.2, 0) is 6.54 Å². The molecule has 1 saturated carbocycles. The van der Waals surface area contributed by atoms with Crippen LogP contribution >= 0.6 is 0 Å². The predicted molar refractivity (Wildman–Crippen MR) is 104 cm³/mol. The first-order valence-electron chi connectivity index (χ1n) is 9.39. The van der Waals surface area contributed by atoms with Crippen molar-refractivity contribution in [1.82, 2.24) is 29.3 Å². The van der Waals surface area contributed by atoms with Crippen LogP contribution in [0.5, 0.6) is 0 Å². The molecule has 4 aromatic rings. The number of hydrogen-bond acceptors (Lipinski definition) is 5. The minimum absolute atomic E-state index is 0.521. The second kappa shape index (κ2) is 6.83. The molecule has 5 rings (SSSR count). The second-order valence-corrected chi connectivity index (χ2v) is 6.96. The van der Waals surface area contributed by atoms with Crippen LogP contribution < -0.4 is 5.32 Å². The first-order chi connectivity index (χ1) is 13.4. The van der Waals surface area contributed by atoms with Crippen molar-refractivity contribution in [3.05, 3.63) is 60.9 Å². The van der Waals surface area contributed by atoms with Gasteiger partial charge in [-0.15, -0.1) is 0 Å². The minimum atomic E-state index is 0.521. The molecule has 7 heteroatoms. The van der Waals surface area contributed by atoms with Crippen LogP contribution in [0, 0.1) is 0 Å². The summed E-state index contributed by atoms with van der Waals surface area (Å²) in [6, 6.07) is 10.8. The van der Waals surface area contributed by atoms with E-state index in [9.17, 15) is 0 Å². The van der Waals surface area contributed by atoms with Crippen LogP contribution in [0.1, 0.15) is 37.3 Å². The van der Waals surface area contributed by atoms with Crippen molar-refractivity contribution in [1.29, 1.82) is 0 Å². The normalized spacial score (nSPS) is 14.8. The van der Waals surface area contributed by atoms with Crippen LogP contribution in [0.25, 0.3) is 16.9 Å². The number of anilines is 1. The molecular formula is C20H21N7. The van der Waals surface area contributed by atoms with Crippen LogP contribution in [0.2, 0.25) is 0 Å². The van der Waals surface area contributed by atoms with Gasteiger partial charge in [-0.1, -0.05) is 25.0 Å². The summed E-state index contributed by atoms with van der Waals surface area (Å²) in [5, 5.41) is 7.67.